The first-order chi connectivity index (χ1) is 15.6. The number of piperidine rings is 1. The fourth-order valence-corrected chi connectivity index (χ4v) is 4.44. The molecule has 7 nitrogen and oxygen atoms in total. The zero-order valence-corrected chi connectivity index (χ0v) is 22.7. The summed E-state index contributed by atoms with van der Waals surface area (Å²) in [4.78, 5) is 12.2. The van der Waals surface area contributed by atoms with Crippen molar-refractivity contribution in [2.45, 2.75) is 26.3 Å². The quantitative estimate of drug-likeness (QED) is 0.277. The second kappa shape index (κ2) is 15.0. The van der Waals surface area contributed by atoms with E-state index < -0.39 is 0 Å². The van der Waals surface area contributed by atoms with Crippen molar-refractivity contribution in [1.82, 2.24) is 20.0 Å². The van der Waals surface area contributed by atoms with E-state index in [9.17, 15) is 4.39 Å². The summed E-state index contributed by atoms with van der Waals surface area (Å²) in [5, 5.41) is 3.48. The normalized spacial score (nSPS) is 18.8. The van der Waals surface area contributed by atoms with E-state index in [0.717, 1.165) is 83.6 Å². The highest BCUT2D eigenvalue weighted by molar-refractivity contribution is 14.0. The zero-order chi connectivity index (χ0) is 22.8. The van der Waals surface area contributed by atoms with E-state index in [1.807, 2.05) is 6.07 Å². The Labute approximate surface area is 215 Å². The summed E-state index contributed by atoms with van der Waals surface area (Å²) >= 11 is 0. The molecule has 0 saturated carbocycles. The zero-order valence-electron chi connectivity index (χ0n) is 20.4. The summed E-state index contributed by atoms with van der Waals surface area (Å²) in [5.74, 6) is 1.69. The maximum absolute atomic E-state index is 14.0. The Kier molecular flexibility index (Phi) is 12.7. The van der Waals surface area contributed by atoms with Crippen molar-refractivity contribution in [3.63, 3.8) is 0 Å². The van der Waals surface area contributed by atoms with E-state index in [-0.39, 0.29) is 29.8 Å². The Morgan fingerprint density at radius 3 is 2.42 bits per heavy atom. The van der Waals surface area contributed by atoms with Gasteiger partial charge in [0.25, 0.3) is 0 Å². The number of benzene rings is 1. The number of hydrogen-bond donors (Lipinski definition) is 1. The average Bonchev–Trinajstić information content (AvgIpc) is 2.82. The third kappa shape index (κ3) is 8.84. The minimum absolute atomic E-state index is 0. The van der Waals surface area contributed by atoms with Gasteiger partial charge in [0.1, 0.15) is 0 Å². The van der Waals surface area contributed by atoms with Crippen molar-refractivity contribution in [2.75, 3.05) is 79.7 Å². The van der Waals surface area contributed by atoms with Crippen LogP contribution >= 0.6 is 24.0 Å². The lowest BCUT2D eigenvalue weighted by Gasteiger charge is -2.37. The topological polar surface area (TPSA) is 52.6 Å². The van der Waals surface area contributed by atoms with Gasteiger partial charge in [-0.25, -0.2) is 4.39 Å². The molecule has 1 aromatic rings. The van der Waals surface area contributed by atoms with Gasteiger partial charge < -0.3 is 24.6 Å². The van der Waals surface area contributed by atoms with Crippen molar-refractivity contribution in [3.8, 4) is 5.75 Å². The number of halogens is 2. The molecule has 0 unspecified atom stereocenters. The van der Waals surface area contributed by atoms with Gasteiger partial charge in [-0.3, -0.25) is 9.89 Å². The van der Waals surface area contributed by atoms with Gasteiger partial charge in [0.15, 0.2) is 17.5 Å². The maximum atomic E-state index is 14.0. The number of methoxy groups -OCH3 is 2. The summed E-state index contributed by atoms with van der Waals surface area (Å²) < 4.78 is 24.2. The Bertz CT molecular complexity index is 723. The van der Waals surface area contributed by atoms with E-state index in [0.29, 0.717) is 11.7 Å². The lowest BCUT2D eigenvalue weighted by molar-refractivity contribution is 0.121. The van der Waals surface area contributed by atoms with Crippen LogP contribution in [-0.2, 0) is 11.3 Å². The molecule has 0 aliphatic carbocycles. The van der Waals surface area contributed by atoms with Crippen LogP contribution in [0.4, 0.5) is 4.39 Å². The Morgan fingerprint density at radius 2 is 1.82 bits per heavy atom. The molecule has 33 heavy (non-hydrogen) atoms. The van der Waals surface area contributed by atoms with Crippen LogP contribution in [0, 0.1) is 11.7 Å². The molecule has 2 aliphatic rings. The van der Waals surface area contributed by atoms with E-state index in [1.165, 1.54) is 20.0 Å². The molecule has 188 valence electrons. The molecule has 2 saturated heterocycles. The number of ether oxygens (including phenoxy) is 2. The van der Waals surface area contributed by atoms with Crippen molar-refractivity contribution >= 4 is 29.9 Å². The van der Waals surface area contributed by atoms with Crippen LogP contribution in [0.1, 0.15) is 25.3 Å². The standard InChI is InChI=1S/C24H40FN5O2.HI/c1-4-26-24(27-18-20-7-9-28(10-8-20)15-16-31-2)30-13-11-29(12-14-30)19-21-5-6-23(32-3)22(25)17-21;/h5-6,17,20H,4,7-16,18-19H2,1-3H3,(H,26,27);1H. The van der Waals surface area contributed by atoms with Crippen molar-refractivity contribution < 1.29 is 13.9 Å². The van der Waals surface area contributed by atoms with Crippen LogP contribution < -0.4 is 10.1 Å². The summed E-state index contributed by atoms with van der Waals surface area (Å²) in [6.07, 6.45) is 2.41. The lowest BCUT2D eigenvalue weighted by Crippen LogP contribution is -2.52. The van der Waals surface area contributed by atoms with E-state index in [4.69, 9.17) is 14.5 Å². The van der Waals surface area contributed by atoms with Gasteiger partial charge >= 0.3 is 0 Å². The molecule has 0 atom stereocenters. The molecule has 1 N–H and O–H groups in total. The third-order valence-corrected chi connectivity index (χ3v) is 6.45. The summed E-state index contributed by atoms with van der Waals surface area (Å²) in [5.41, 5.74) is 0.981. The minimum Gasteiger partial charge on any atom is -0.494 e. The maximum Gasteiger partial charge on any atom is 0.194 e. The molecule has 3 rings (SSSR count). The first-order valence-corrected chi connectivity index (χ1v) is 11.9. The highest BCUT2D eigenvalue weighted by Gasteiger charge is 2.22. The predicted octanol–water partition coefficient (Wildman–Crippen LogP) is 2.89. The number of likely N-dealkylation sites (tertiary alicyclic amines) is 1. The average molecular weight is 578 g/mol. The summed E-state index contributed by atoms with van der Waals surface area (Å²) in [7, 11) is 3.26. The van der Waals surface area contributed by atoms with Crippen LogP contribution in [0.2, 0.25) is 0 Å². The molecule has 9 heteroatoms. The molecule has 2 aliphatic heterocycles. The summed E-state index contributed by atoms with van der Waals surface area (Å²) in [6.45, 7) is 12.5. The van der Waals surface area contributed by atoms with E-state index in [2.05, 4.69) is 26.9 Å². The van der Waals surface area contributed by atoms with Gasteiger partial charge in [-0.05, 0) is 56.5 Å². The van der Waals surface area contributed by atoms with Crippen molar-refractivity contribution in [3.05, 3.63) is 29.6 Å². The van der Waals surface area contributed by atoms with E-state index >= 15 is 0 Å². The smallest absolute Gasteiger partial charge is 0.194 e. The SMILES string of the molecule is CCNC(=NCC1CCN(CCOC)CC1)N1CCN(Cc2ccc(OC)c(F)c2)CC1.I. The Balaban J connectivity index is 0.00000385. The second-order valence-corrected chi connectivity index (χ2v) is 8.70. The van der Waals surface area contributed by atoms with Crippen LogP contribution in [0.15, 0.2) is 23.2 Å². The van der Waals surface area contributed by atoms with Crippen LogP contribution in [-0.4, -0.2) is 100 Å². The molecule has 2 fully saturated rings. The van der Waals surface area contributed by atoms with Gasteiger partial charge in [-0.2, -0.15) is 0 Å². The molecule has 0 aromatic heterocycles. The minimum atomic E-state index is -0.297. The fraction of sp³-hybridized carbons (Fsp3) is 0.708. The number of guanidine groups is 1. The molecular weight excluding hydrogens is 536 g/mol. The summed E-state index contributed by atoms with van der Waals surface area (Å²) in [6, 6.07) is 5.23. The molecule has 0 spiro atoms. The fourth-order valence-electron chi connectivity index (χ4n) is 4.44. The van der Waals surface area contributed by atoms with Gasteiger partial charge in [0.2, 0.25) is 0 Å². The Hall–Kier alpha value is -1.17. The predicted molar refractivity (Wildman–Crippen MR) is 142 cm³/mol. The molecule has 0 radical (unpaired) electrons. The van der Waals surface area contributed by atoms with Gasteiger partial charge in [-0.1, -0.05) is 6.07 Å². The molecule has 1 aromatic carbocycles. The molecule has 0 bridgehead atoms. The van der Waals surface area contributed by atoms with Gasteiger partial charge in [0.05, 0.1) is 13.7 Å². The van der Waals surface area contributed by atoms with Crippen LogP contribution in [0.5, 0.6) is 5.75 Å². The molecular formula is C24H41FIN5O2. The second-order valence-electron chi connectivity index (χ2n) is 8.70. The number of aliphatic imine (C=N–C) groups is 1. The number of rotatable bonds is 9. The monoisotopic (exact) mass is 577 g/mol. The van der Waals surface area contributed by atoms with Crippen molar-refractivity contribution in [1.29, 1.82) is 0 Å². The van der Waals surface area contributed by atoms with E-state index in [1.54, 1.807) is 19.2 Å². The van der Waals surface area contributed by atoms with Crippen LogP contribution in [0.3, 0.4) is 0 Å². The number of hydrogen-bond acceptors (Lipinski definition) is 5. The van der Waals surface area contributed by atoms with Gasteiger partial charge in [0, 0.05) is 59.5 Å². The first kappa shape index (κ1) is 28.1. The third-order valence-electron chi connectivity index (χ3n) is 6.45. The number of piperazine rings is 1. The van der Waals surface area contributed by atoms with Crippen LogP contribution in [0.25, 0.3) is 0 Å². The highest BCUT2D eigenvalue weighted by Crippen LogP contribution is 2.20. The Morgan fingerprint density at radius 1 is 1.09 bits per heavy atom. The molecule has 2 heterocycles. The highest BCUT2D eigenvalue weighted by atomic mass is 127. The largest absolute Gasteiger partial charge is 0.494 e. The lowest BCUT2D eigenvalue weighted by atomic mass is 9.97. The van der Waals surface area contributed by atoms with Crippen molar-refractivity contribution in [2.24, 2.45) is 10.9 Å². The first-order valence-electron chi connectivity index (χ1n) is 11.9. The number of nitrogens with one attached hydrogen (secondary N) is 1. The molecule has 0 amide bonds. The van der Waals surface area contributed by atoms with Gasteiger partial charge in [-0.15, -0.1) is 24.0 Å². The number of nitrogens with zero attached hydrogens (tertiary/aromatic N) is 4.